The Bertz CT molecular complexity index is 973. The van der Waals surface area contributed by atoms with Gasteiger partial charge in [0.2, 0.25) is 0 Å². The second kappa shape index (κ2) is 9.28. The largest absolute Gasteiger partial charge is 0.351 e. The Kier molecular flexibility index (Phi) is 6.53. The van der Waals surface area contributed by atoms with Crippen LogP contribution in [0.5, 0.6) is 0 Å². The lowest BCUT2D eigenvalue weighted by Crippen LogP contribution is -2.90. The fourth-order valence-electron chi connectivity index (χ4n) is 4.03. The van der Waals surface area contributed by atoms with Crippen molar-refractivity contribution in [2.24, 2.45) is 0 Å². The number of rotatable bonds is 7. The van der Waals surface area contributed by atoms with Gasteiger partial charge in [-0.15, -0.1) is 11.3 Å². The Morgan fingerprint density at radius 3 is 2.79 bits per heavy atom. The van der Waals surface area contributed by atoms with Crippen LogP contribution < -0.4 is 10.6 Å². The fourth-order valence-corrected chi connectivity index (χ4v) is 5.26. The molecule has 0 unspecified atom stereocenters. The third-order valence-corrected chi connectivity index (χ3v) is 7.02. The average Bonchev–Trinajstić information content (AvgIpc) is 3.30. The lowest BCUT2D eigenvalue weighted by molar-refractivity contribution is -0.691. The molecule has 0 atom stereocenters. The Morgan fingerprint density at radius 1 is 1.28 bits per heavy atom. The minimum absolute atomic E-state index is 0.00548. The Labute approximate surface area is 180 Å². The highest BCUT2D eigenvalue weighted by atomic mass is 35.5. The van der Waals surface area contributed by atoms with Crippen molar-refractivity contribution in [2.45, 2.75) is 51.5 Å². The number of aromatic nitrogens is 2. The van der Waals surface area contributed by atoms with Gasteiger partial charge in [0.05, 0.1) is 28.8 Å². The Hall–Kier alpha value is -1.89. The maximum Gasteiger partial charge on any atom is 0.261 e. The number of hydrogen-bond acceptors (Lipinski definition) is 3. The summed E-state index contributed by atoms with van der Waals surface area (Å²) in [6.45, 7) is 3.78. The van der Waals surface area contributed by atoms with Crippen molar-refractivity contribution in [1.29, 1.82) is 0 Å². The zero-order valence-corrected chi connectivity index (χ0v) is 18.4. The number of thiophene rings is 1. The maximum absolute atomic E-state index is 12.6. The number of hydrogen-bond donors (Lipinski definition) is 2. The standard InChI is InChI=1S/C22H27ClN4OS/c1-15-19-14-20(21(28)25-13-5-12-24-17-6-3-2-4-7-17)29-22(19)27(26-15)18-10-8-16(23)9-11-18/h8-11,14,17,24H,2-7,12-13H2,1H3,(H,25,28)/p+1. The summed E-state index contributed by atoms with van der Waals surface area (Å²) in [5, 5.41) is 11.9. The van der Waals surface area contributed by atoms with Gasteiger partial charge in [-0.1, -0.05) is 18.0 Å². The number of nitrogens with two attached hydrogens (primary N) is 1. The fraction of sp³-hybridized carbons (Fsp3) is 0.455. The van der Waals surface area contributed by atoms with Gasteiger partial charge in [0.1, 0.15) is 4.83 Å². The van der Waals surface area contributed by atoms with E-state index in [1.807, 2.05) is 41.9 Å². The molecule has 1 fully saturated rings. The highest BCUT2D eigenvalue weighted by molar-refractivity contribution is 7.20. The second-order valence-electron chi connectivity index (χ2n) is 7.84. The third kappa shape index (κ3) is 4.82. The number of halogens is 1. The summed E-state index contributed by atoms with van der Waals surface area (Å²) in [5.74, 6) is 0.00548. The molecule has 1 saturated carbocycles. The van der Waals surface area contributed by atoms with Gasteiger partial charge < -0.3 is 10.6 Å². The number of quaternary nitrogens is 1. The van der Waals surface area contributed by atoms with E-state index in [9.17, 15) is 4.79 Å². The van der Waals surface area contributed by atoms with Crippen molar-refractivity contribution in [1.82, 2.24) is 15.1 Å². The molecular formula is C22H28ClN4OS+. The van der Waals surface area contributed by atoms with Crippen molar-refractivity contribution in [3.63, 3.8) is 0 Å². The van der Waals surface area contributed by atoms with Crippen molar-refractivity contribution in [3.05, 3.63) is 45.9 Å². The van der Waals surface area contributed by atoms with E-state index in [-0.39, 0.29) is 5.91 Å². The molecule has 29 heavy (non-hydrogen) atoms. The van der Waals surface area contributed by atoms with Crippen molar-refractivity contribution in [3.8, 4) is 5.69 Å². The molecule has 5 nitrogen and oxygen atoms in total. The predicted molar refractivity (Wildman–Crippen MR) is 119 cm³/mol. The number of nitrogens with zero attached hydrogens (tertiary/aromatic N) is 2. The maximum atomic E-state index is 12.6. The van der Waals surface area contributed by atoms with Gasteiger partial charge in [0, 0.05) is 23.4 Å². The van der Waals surface area contributed by atoms with Crippen LogP contribution in [-0.4, -0.2) is 34.8 Å². The minimum atomic E-state index is 0.00548. The first kappa shape index (κ1) is 20.4. The minimum Gasteiger partial charge on any atom is -0.351 e. The summed E-state index contributed by atoms with van der Waals surface area (Å²) < 4.78 is 1.89. The van der Waals surface area contributed by atoms with Crippen molar-refractivity contribution >= 4 is 39.1 Å². The SMILES string of the molecule is Cc1nn(-c2ccc(Cl)cc2)c2sc(C(=O)NCCC[NH2+]C3CCCCC3)cc12. The molecular weight excluding hydrogens is 404 g/mol. The molecule has 7 heteroatoms. The molecule has 0 bridgehead atoms. The average molecular weight is 432 g/mol. The first-order valence-corrected chi connectivity index (χ1v) is 11.7. The van der Waals surface area contributed by atoms with Crippen LogP contribution >= 0.6 is 22.9 Å². The molecule has 1 aliphatic rings. The van der Waals surface area contributed by atoms with Gasteiger partial charge in [-0.2, -0.15) is 5.10 Å². The molecule has 1 aromatic carbocycles. The zero-order chi connectivity index (χ0) is 20.2. The molecule has 1 aliphatic carbocycles. The van der Waals surface area contributed by atoms with Crippen molar-refractivity contribution in [2.75, 3.05) is 13.1 Å². The smallest absolute Gasteiger partial charge is 0.261 e. The van der Waals surface area contributed by atoms with E-state index in [0.717, 1.165) is 52.0 Å². The van der Waals surface area contributed by atoms with Gasteiger partial charge >= 0.3 is 0 Å². The van der Waals surface area contributed by atoms with Gasteiger partial charge in [-0.25, -0.2) is 4.68 Å². The van der Waals surface area contributed by atoms with Gasteiger partial charge in [0.15, 0.2) is 0 Å². The lowest BCUT2D eigenvalue weighted by Gasteiger charge is -2.19. The monoisotopic (exact) mass is 431 g/mol. The number of amides is 1. The van der Waals surface area contributed by atoms with Crippen LogP contribution in [0.3, 0.4) is 0 Å². The van der Waals surface area contributed by atoms with Gasteiger partial charge in [0.25, 0.3) is 5.91 Å². The van der Waals surface area contributed by atoms with E-state index in [0.29, 0.717) is 5.02 Å². The molecule has 3 aromatic rings. The number of aryl methyl sites for hydroxylation is 1. The summed E-state index contributed by atoms with van der Waals surface area (Å²) in [7, 11) is 0. The molecule has 3 N–H and O–H groups in total. The Morgan fingerprint density at radius 2 is 2.03 bits per heavy atom. The van der Waals surface area contributed by atoms with Crippen LogP contribution in [0, 0.1) is 6.92 Å². The molecule has 0 saturated heterocycles. The van der Waals surface area contributed by atoms with Crippen molar-refractivity contribution < 1.29 is 10.1 Å². The molecule has 0 spiro atoms. The van der Waals surface area contributed by atoms with E-state index < -0.39 is 0 Å². The first-order chi connectivity index (χ1) is 14.1. The molecule has 0 aliphatic heterocycles. The van der Waals surface area contributed by atoms with E-state index in [4.69, 9.17) is 11.6 Å². The quantitative estimate of drug-likeness (QED) is 0.554. The highest BCUT2D eigenvalue weighted by Gasteiger charge is 2.18. The Balaban J connectivity index is 1.35. The first-order valence-electron chi connectivity index (χ1n) is 10.5. The molecule has 154 valence electrons. The van der Waals surface area contributed by atoms with Crippen LogP contribution in [0.15, 0.2) is 30.3 Å². The number of nitrogens with one attached hydrogen (secondary N) is 1. The summed E-state index contributed by atoms with van der Waals surface area (Å²) >= 11 is 7.49. The normalized spacial score (nSPS) is 15.1. The summed E-state index contributed by atoms with van der Waals surface area (Å²) in [4.78, 5) is 14.3. The van der Waals surface area contributed by atoms with E-state index in [2.05, 4.69) is 15.7 Å². The van der Waals surface area contributed by atoms with Crippen LogP contribution in [0.1, 0.15) is 53.9 Å². The molecule has 1 amide bonds. The number of carbonyl (C=O) groups is 1. The summed E-state index contributed by atoms with van der Waals surface area (Å²) in [5.41, 5.74) is 1.87. The number of fused-ring (bicyclic) bond motifs is 1. The van der Waals surface area contributed by atoms with E-state index in [1.54, 1.807) is 0 Å². The number of benzene rings is 1. The van der Waals surface area contributed by atoms with Crippen LogP contribution in [0.2, 0.25) is 5.02 Å². The van der Waals surface area contributed by atoms with E-state index in [1.165, 1.54) is 43.4 Å². The number of carbonyl (C=O) groups excluding carboxylic acids is 1. The third-order valence-electron chi connectivity index (χ3n) is 5.66. The second-order valence-corrected chi connectivity index (χ2v) is 9.30. The topological polar surface area (TPSA) is 63.5 Å². The van der Waals surface area contributed by atoms with Crippen LogP contribution in [0.25, 0.3) is 15.9 Å². The molecule has 0 radical (unpaired) electrons. The van der Waals surface area contributed by atoms with Crippen LogP contribution in [0.4, 0.5) is 0 Å². The van der Waals surface area contributed by atoms with Crippen LogP contribution in [-0.2, 0) is 0 Å². The molecule has 2 heterocycles. The highest BCUT2D eigenvalue weighted by Crippen LogP contribution is 2.30. The van der Waals surface area contributed by atoms with Gasteiger partial charge in [-0.05, 0) is 62.9 Å². The molecule has 2 aromatic heterocycles. The zero-order valence-electron chi connectivity index (χ0n) is 16.8. The lowest BCUT2D eigenvalue weighted by atomic mass is 9.95. The van der Waals surface area contributed by atoms with E-state index >= 15 is 0 Å². The summed E-state index contributed by atoms with van der Waals surface area (Å²) in [6.07, 6.45) is 7.83. The predicted octanol–water partition coefficient (Wildman–Crippen LogP) is 4.06. The van der Waals surface area contributed by atoms with Gasteiger partial charge in [-0.3, -0.25) is 4.79 Å². The molecule has 4 rings (SSSR count). The summed E-state index contributed by atoms with van der Waals surface area (Å²) in [6, 6.07) is 10.3.